The lowest BCUT2D eigenvalue weighted by Crippen LogP contribution is -2.49. The monoisotopic (exact) mass is 465 g/mol. The van der Waals surface area contributed by atoms with Gasteiger partial charge in [-0.3, -0.25) is 0 Å². The third-order valence-electron chi connectivity index (χ3n) is 5.31. The van der Waals surface area contributed by atoms with Crippen LogP contribution in [0.25, 0.3) is 22.2 Å². The minimum Gasteiger partial charge on any atom is -0.371 e. The van der Waals surface area contributed by atoms with Gasteiger partial charge in [-0.05, 0) is 57.9 Å². The molecule has 0 saturated carbocycles. The van der Waals surface area contributed by atoms with Crippen molar-refractivity contribution in [3.63, 3.8) is 0 Å². The minimum atomic E-state index is 0. The molecular formula is C24H30Cl3N3. The lowest BCUT2D eigenvalue weighted by atomic mass is 9.98. The smallest absolute Gasteiger partial charge is 0.0730 e. The van der Waals surface area contributed by atoms with E-state index in [-0.39, 0.29) is 30.4 Å². The van der Waals surface area contributed by atoms with Crippen molar-refractivity contribution in [2.45, 2.75) is 45.2 Å². The van der Waals surface area contributed by atoms with E-state index >= 15 is 0 Å². The average molecular weight is 467 g/mol. The molecule has 0 aliphatic carbocycles. The third-order valence-corrected chi connectivity index (χ3v) is 5.56. The Balaban J connectivity index is 0.00000160. The van der Waals surface area contributed by atoms with Crippen molar-refractivity contribution in [3.8, 4) is 11.3 Å². The summed E-state index contributed by atoms with van der Waals surface area (Å²) in [5.74, 6) is 0. The molecule has 1 aliphatic rings. The quantitative estimate of drug-likeness (QED) is 0.462. The Kier molecular flexibility index (Phi) is 8.41. The highest BCUT2D eigenvalue weighted by molar-refractivity contribution is 6.30. The molecule has 0 bridgehead atoms. The first kappa shape index (κ1) is 24.7. The van der Waals surface area contributed by atoms with Crippen molar-refractivity contribution < 1.29 is 0 Å². The first-order chi connectivity index (χ1) is 13.4. The molecule has 0 radical (unpaired) electrons. The maximum atomic E-state index is 6.07. The van der Waals surface area contributed by atoms with Crippen molar-refractivity contribution in [2.75, 3.05) is 18.0 Å². The largest absolute Gasteiger partial charge is 0.371 e. The van der Waals surface area contributed by atoms with Gasteiger partial charge in [-0.1, -0.05) is 41.9 Å². The number of para-hydroxylation sites is 1. The fourth-order valence-electron chi connectivity index (χ4n) is 4.06. The third kappa shape index (κ3) is 5.79. The molecule has 0 atom stereocenters. The molecule has 0 spiro atoms. The molecule has 1 aliphatic heterocycles. The average Bonchev–Trinajstić information content (AvgIpc) is 2.67. The van der Waals surface area contributed by atoms with E-state index in [4.69, 9.17) is 16.6 Å². The van der Waals surface area contributed by atoms with E-state index in [9.17, 15) is 0 Å². The van der Waals surface area contributed by atoms with Gasteiger partial charge in [0.05, 0.1) is 11.2 Å². The van der Waals surface area contributed by atoms with E-state index < -0.39 is 0 Å². The number of benzene rings is 2. The number of halogens is 3. The first-order valence-electron chi connectivity index (χ1n) is 10.1. The number of hydrogen-bond acceptors (Lipinski definition) is 3. The second kappa shape index (κ2) is 10.2. The van der Waals surface area contributed by atoms with Crippen LogP contribution in [-0.4, -0.2) is 29.7 Å². The fourth-order valence-corrected chi connectivity index (χ4v) is 4.19. The lowest BCUT2D eigenvalue weighted by Gasteiger charge is -2.37. The molecule has 2 heterocycles. The summed E-state index contributed by atoms with van der Waals surface area (Å²) < 4.78 is 0. The molecule has 1 aromatic heterocycles. The van der Waals surface area contributed by atoms with E-state index in [1.807, 2.05) is 24.3 Å². The molecular weight excluding hydrogens is 437 g/mol. The summed E-state index contributed by atoms with van der Waals surface area (Å²) in [6.07, 6.45) is 2.31. The predicted octanol–water partition coefficient (Wildman–Crippen LogP) is 6.76. The van der Waals surface area contributed by atoms with Gasteiger partial charge in [0.1, 0.15) is 0 Å². The summed E-state index contributed by atoms with van der Waals surface area (Å²) in [5.41, 5.74) is 4.59. The van der Waals surface area contributed by atoms with Gasteiger partial charge in [0.15, 0.2) is 0 Å². The van der Waals surface area contributed by atoms with Gasteiger partial charge in [-0.15, -0.1) is 24.8 Å². The van der Waals surface area contributed by atoms with Crippen LogP contribution in [0.2, 0.25) is 5.02 Å². The number of fused-ring (bicyclic) bond motifs is 1. The Hall–Kier alpha value is -1.52. The molecule has 30 heavy (non-hydrogen) atoms. The zero-order valence-electron chi connectivity index (χ0n) is 17.7. The number of aromatic nitrogens is 1. The molecule has 162 valence electrons. The lowest BCUT2D eigenvalue weighted by molar-refractivity contribution is 0.317. The molecule has 1 fully saturated rings. The van der Waals surface area contributed by atoms with Crippen molar-refractivity contribution >= 4 is 53.0 Å². The summed E-state index contributed by atoms with van der Waals surface area (Å²) in [5, 5.41) is 5.73. The summed E-state index contributed by atoms with van der Waals surface area (Å²) in [6.45, 7) is 8.85. The molecule has 1 N–H and O–H groups in total. The number of nitrogens with zero attached hydrogens (tertiary/aromatic N) is 2. The summed E-state index contributed by atoms with van der Waals surface area (Å²) >= 11 is 6.07. The SMILES string of the molecule is CC(C)(C)NC1CCN(c2cc(-c3ccc(Cl)cc3)nc3ccccc23)CC1.Cl.Cl. The minimum absolute atomic E-state index is 0. The maximum Gasteiger partial charge on any atom is 0.0730 e. The van der Waals surface area contributed by atoms with E-state index in [0.717, 1.165) is 47.7 Å². The summed E-state index contributed by atoms with van der Waals surface area (Å²) in [4.78, 5) is 7.43. The number of pyridine rings is 1. The van der Waals surface area contributed by atoms with Gasteiger partial charge in [-0.25, -0.2) is 4.98 Å². The zero-order valence-corrected chi connectivity index (χ0v) is 20.1. The van der Waals surface area contributed by atoms with Crippen LogP contribution in [0.3, 0.4) is 0 Å². The first-order valence-corrected chi connectivity index (χ1v) is 10.5. The van der Waals surface area contributed by atoms with Gasteiger partial charge in [0.25, 0.3) is 0 Å². The van der Waals surface area contributed by atoms with E-state index in [1.165, 1.54) is 11.1 Å². The Morgan fingerprint density at radius 1 is 0.967 bits per heavy atom. The Bertz CT molecular complexity index is 960. The van der Waals surface area contributed by atoms with Gasteiger partial charge in [0, 0.05) is 46.3 Å². The molecule has 2 aromatic carbocycles. The highest BCUT2D eigenvalue weighted by Crippen LogP contribution is 2.33. The Labute approximate surface area is 197 Å². The van der Waals surface area contributed by atoms with Crippen LogP contribution in [0.1, 0.15) is 33.6 Å². The second-order valence-corrected chi connectivity index (χ2v) is 9.14. The van der Waals surface area contributed by atoms with Crippen LogP contribution in [-0.2, 0) is 0 Å². The number of hydrogen-bond donors (Lipinski definition) is 1. The molecule has 3 aromatic rings. The maximum absolute atomic E-state index is 6.07. The normalized spacial score (nSPS) is 14.9. The predicted molar refractivity (Wildman–Crippen MR) is 135 cm³/mol. The number of nitrogens with one attached hydrogen (secondary N) is 1. The number of piperidine rings is 1. The highest BCUT2D eigenvalue weighted by Gasteiger charge is 2.24. The fraction of sp³-hybridized carbons (Fsp3) is 0.375. The van der Waals surface area contributed by atoms with Crippen LogP contribution in [0.15, 0.2) is 54.6 Å². The molecule has 6 heteroatoms. The van der Waals surface area contributed by atoms with Gasteiger partial charge < -0.3 is 10.2 Å². The van der Waals surface area contributed by atoms with E-state index in [0.29, 0.717) is 6.04 Å². The van der Waals surface area contributed by atoms with Crippen LogP contribution in [0.5, 0.6) is 0 Å². The van der Waals surface area contributed by atoms with Crippen LogP contribution in [0, 0.1) is 0 Å². The Morgan fingerprint density at radius 2 is 1.60 bits per heavy atom. The van der Waals surface area contributed by atoms with Crippen LogP contribution >= 0.6 is 36.4 Å². The van der Waals surface area contributed by atoms with Crippen molar-refractivity contribution in [1.29, 1.82) is 0 Å². The van der Waals surface area contributed by atoms with E-state index in [1.54, 1.807) is 0 Å². The topological polar surface area (TPSA) is 28.2 Å². The van der Waals surface area contributed by atoms with Crippen LogP contribution < -0.4 is 10.2 Å². The van der Waals surface area contributed by atoms with Crippen molar-refractivity contribution in [1.82, 2.24) is 10.3 Å². The summed E-state index contributed by atoms with van der Waals surface area (Å²) in [7, 11) is 0. The molecule has 4 rings (SSSR count). The summed E-state index contributed by atoms with van der Waals surface area (Å²) in [6, 6.07) is 19.2. The van der Waals surface area contributed by atoms with Crippen molar-refractivity contribution in [3.05, 3.63) is 59.6 Å². The van der Waals surface area contributed by atoms with Gasteiger partial charge in [-0.2, -0.15) is 0 Å². The standard InChI is InChI=1S/C24H28ClN3.2ClH/c1-24(2,3)27-19-12-14-28(15-13-19)23-16-22(17-8-10-18(25)11-9-17)26-21-7-5-4-6-20(21)23;;/h4-11,16,19,27H,12-15H2,1-3H3;2*1H. The van der Waals surface area contributed by atoms with E-state index in [2.05, 4.69) is 61.3 Å². The van der Waals surface area contributed by atoms with Crippen molar-refractivity contribution in [2.24, 2.45) is 0 Å². The van der Waals surface area contributed by atoms with Gasteiger partial charge in [0.2, 0.25) is 0 Å². The number of anilines is 1. The van der Waals surface area contributed by atoms with Crippen LogP contribution in [0.4, 0.5) is 5.69 Å². The highest BCUT2D eigenvalue weighted by atomic mass is 35.5. The zero-order chi connectivity index (χ0) is 19.7. The number of rotatable bonds is 3. The van der Waals surface area contributed by atoms with Gasteiger partial charge >= 0.3 is 0 Å². The molecule has 0 amide bonds. The molecule has 1 saturated heterocycles. The second-order valence-electron chi connectivity index (χ2n) is 8.71. The molecule has 3 nitrogen and oxygen atoms in total. The molecule has 0 unspecified atom stereocenters. The Morgan fingerprint density at radius 3 is 2.23 bits per heavy atom.